The van der Waals surface area contributed by atoms with Crippen molar-refractivity contribution in [1.82, 2.24) is 0 Å². The molecule has 0 aliphatic heterocycles. The summed E-state index contributed by atoms with van der Waals surface area (Å²) in [6.45, 7) is 0. The SMILES string of the molecule is OC(O)(O)CCCCCCCCC(Br)(Br)Br. The molecule has 0 aliphatic rings. The lowest BCUT2D eigenvalue weighted by molar-refractivity contribution is -0.315. The van der Waals surface area contributed by atoms with Crippen LogP contribution in [-0.2, 0) is 0 Å². The summed E-state index contributed by atoms with van der Waals surface area (Å²) in [5.74, 6) is -2.48. The molecule has 0 aromatic heterocycles. The van der Waals surface area contributed by atoms with Gasteiger partial charge in [0.15, 0.2) is 0 Å². The molecule has 0 amide bonds. The molecular formula is C10H19Br3O3. The highest BCUT2D eigenvalue weighted by Crippen LogP contribution is 2.38. The molecule has 16 heavy (non-hydrogen) atoms. The molecule has 98 valence electrons. The third kappa shape index (κ3) is 15.3. The Balaban J connectivity index is 3.17. The van der Waals surface area contributed by atoms with Gasteiger partial charge >= 0.3 is 0 Å². The average molecular weight is 427 g/mol. The Labute approximate surface area is 122 Å². The second-order valence-electron chi connectivity index (χ2n) is 4.01. The molecular weight excluding hydrogens is 408 g/mol. The average Bonchev–Trinajstić information content (AvgIpc) is 2.06. The van der Waals surface area contributed by atoms with Crippen LogP contribution in [0.1, 0.15) is 51.4 Å². The zero-order valence-corrected chi connectivity index (χ0v) is 13.9. The minimum Gasteiger partial charge on any atom is -0.344 e. The van der Waals surface area contributed by atoms with Crippen LogP contribution in [0.2, 0.25) is 0 Å². The van der Waals surface area contributed by atoms with Crippen molar-refractivity contribution in [1.29, 1.82) is 0 Å². The summed E-state index contributed by atoms with van der Waals surface area (Å²) in [4.78, 5) is 0. The first-order valence-corrected chi connectivity index (χ1v) is 7.82. The number of aliphatic hydroxyl groups is 3. The third-order valence-corrected chi connectivity index (χ3v) is 3.41. The van der Waals surface area contributed by atoms with E-state index < -0.39 is 5.97 Å². The monoisotopic (exact) mass is 424 g/mol. The van der Waals surface area contributed by atoms with E-state index in [0.717, 1.165) is 38.5 Å². The second kappa shape index (κ2) is 8.43. The molecule has 0 heterocycles. The van der Waals surface area contributed by atoms with E-state index in [0.29, 0.717) is 6.42 Å². The van der Waals surface area contributed by atoms with Crippen molar-refractivity contribution < 1.29 is 15.3 Å². The Morgan fingerprint density at radius 3 is 1.38 bits per heavy atom. The van der Waals surface area contributed by atoms with E-state index in [-0.39, 0.29) is 8.56 Å². The van der Waals surface area contributed by atoms with Gasteiger partial charge in [0.25, 0.3) is 5.97 Å². The maximum atomic E-state index is 8.64. The number of unbranched alkanes of at least 4 members (excludes halogenated alkanes) is 5. The van der Waals surface area contributed by atoms with Gasteiger partial charge in [-0.15, -0.1) is 0 Å². The first-order valence-electron chi connectivity index (χ1n) is 5.44. The largest absolute Gasteiger partial charge is 0.344 e. The van der Waals surface area contributed by atoms with Gasteiger partial charge < -0.3 is 15.3 Å². The maximum absolute atomic E-state index is 8.64. The summed E-state index contributed by atoms with van der Waals surface area (Å²) in [5, 5.41) is 25.9. The van der Waals surface area contributed by atoms with E-state index in [4.69, 9.17) is 15.3 Å². The van der Waals surface area contributed by atoms with Crippen molar-refractivity contribution in [2.75, 3.05) is 0 Å². The number of alkyl halides is 3. The van der Waals surface area contributed by atoms with Crippen molar-refractivity contribution in [3.05, 3.63) is 0 Å². The molecule has 0 rings (SSSR count). The van der Waals surface area contributed by atoms with E-state index in [2.05, 4.69) is 47.8 Å². The van der Waals surface area contributed by atoms with Crippen LogP contribution >= 0.6 is 47.8 Å². The zero-order chi connectivity index (χ0) is 12.7. The van der Waals surface area contributed by atoms with Crippen molar-refractivity contribution in [2.45, 2.75) is 59.5 Å². The van der Waals surface area contributed by atoms with Gasteiger partial charge in [0, 0.05) is 6.42 Å². The van der Waals surface area contributed by atoms with Crippen molar-refractivity contribution >= 4 is 47.8 Å². The molecule has 0 saturated carbocycles. The topological polar surface area (TPSA) is 60.7 Å². The normalized spacial score (nSPS) is 13.1. The Morgan fingerprint density at radius 2 is 1.00 bits per heavy atom. The van der Waals surface area contributed by atoms with Crippen molar-refractivity contribution in [3.63, 3.8) is 0 Å². The fourth-order valence-electron chi connectivity index (χ4n) is 1.39. The summed E-state index contributed by atoms with van der Waals surface area (Å²) in [6.07, 6.45) is 7.10. The third-order valence-electron chi connectivity index (χ3n) is 2.22. The molecule has 0 unspecified atom stereocenters. The van der Waals surface area contributed by atoms with Gasteiger partial charge in [-0.1, -0.05) is 79.9 Å². The van der Waals surface area contributed by atoms with Gasteiger partial charge in [0.2, 0.25) is 0 Å². The molecule has 0 saturated heterocycles. The van der Waals surface area contributed by atoms with E-state index in [9.17, 15) is 0 Å². The molecule has 0 spiro atoms. The lowest BCUT2D eigenvalue weighted by atomic mass is 10.1. The summed E-state index contributed by atoms with van der Waals surface area (Å²) in [7, 11) is 0. The molecule has 0 atom stereocenters. The van der Waals surface area contributed by atoms with Crippen LogP contribution in [0.15, 0.2) is 0 Å². The Bertz CT molecular complexity index is 155. The van der Waals surface area contributed by atoms with Gasteiger partial charge in [-0.2, -0.15) is 0 Å². The lowest BCUT2D eigenvalue weighted by Gasteiger charge is -2.13. The highest BCUT2D eigenvalue weighted by Gasteiger charge is 2.17. The number of hydrogen-bond acceptors (Lipinski definition) is 3. The molecule has 0 fully saturated rings. The Hall–Kier alpha value is 1.32. The molecule has 3 N–H and O–H groups in total. The Morgan fingerprint density at radius 1 is 0.625 bits per heavy atom. The van der Waals surface area contributed by atoms with Crippen LogP contribution < -0.4 is 0 Å². The molecule has 0 aliphatic carbocycles. The standard InChI is InChI=1S/C10H19Br3O3/c11-9(12,13)7-5-3-1-2-4-6-8-10(14,15)16/h14-16H,1-8H2. The van der Waals surface area contributed by atoms with E-state index >= 15 is 0 Å². The van der Waals surface area contributed by atoms with Gasteiger partial charge in [0.05, 0.1) is 0 Å². The van der Waals surface area contributed by atoms with Crippen LogP contribution in [0.4, 0.5) is 0 Å². The van der Waals surface area contributed by atoms with Gasteiger partial charge in [-0.3, -0.25) is 0 Å². The Kier molecular flexibility index (Phi) is 9.12. The van der Waals surface area contributed by atoms with E-state index in [1.165, 1.54) is 0 Å². The van der Waals surface area contributed by atoms with Crippen molar-refractivity contribution in [2.24, 2.45) is 0 Å². The summed E-state index contributed by atoms with van der Waals surface area (Å²) in [5.41, 5.74) is 0. The van der Waals surface area contributed by atoms with Crippen LogP contribution in [-0.4, -0.2) is 23.4 Å². The minimum absolute atomic E-state index is 0.0281. The number of halogens is 3. The van der Waals surface area contributed by atoms with E-state index in [1.807, 2.05) is 0 Å². The van der Waals surface area contributed by atoms with Crippen LogP contribution in [0.3, 0.4) is 0 Å². The summed E-state index contributed by atoms with van der Waals surface area (Å²) < 4.78 is -0.128. The van der Waals surface area contributed by atoms with Gasteiger partial charge in [0.1, 0.15) is 2.14 Å². The first kappa shape index (κ1) is 17.3. The highest BCUT2D eigenvalue weighted by molar-refractivity contribution is 9.39. The lowest BCUT2D eigenvalue weighted by Crippen LogP contribution is -2.26. The van der Waals surface area contributed by atoms with Gasteiger partial charge in [-0.05, 0) is 12.8 Å². The van der Waals surface area contributed by atoms with Crippen LogP contribution in [0.5, 0.6) is 0 Å². The molecule has 0 bridgehead atoms. The first-order chi connectivity index (χ1) is 7.21. The molecule has 0 aromatic rings. The molecule has 6 heteroatoms. The maximum Gasteiger partial charge on any atom is 0.275 e. The zero-order valence-electron chi connectivity index (χ0n) is 9.13. The summed E-state index contributed by atoms with van der Waals surface area (Å²) >= 11 is 10.3. The predicted octanol–water partition coefficient (Wildman–Crippen LogP) is 3.58. The minimum atomic E-state index is -2.48. The van der Waals surface area contributed by atoms with Crippen LogP contribution in [0.25, 0.3) is 0 Å². The summed E-state index contributed by atoms with van der Waals surface area (Å²) in [6, 6.07) is 0. The number of hydrogen-bond donors (Lipinski definition) is 3. The number of rotatable bonds is 8. The second-order valence-corrected chi connectivity index (χ2v) is 11.3. The fourth-order valence-corrected chi connectivity index (χ4v) is 2.24. The van der Waals surface area contributed by atoms with E-state index in [1.54, 1.807) is 0 Å². The predicted molar refractivity (Wildman–Crippen MR) is 75.8 cm³/mol. The smallest absolute Gasteiger partial charge is 0.275 e. The van der Waals surface area contributed by atoms with Crippen molar-refractivity contribution in [3.8, 4) is 0 Å². The highest BCUT2D eigenvalue weighted by atomic mass is 80.0. The fraction of sp³-hybridized carbons (Fsp3) is 1.00. The molecule has 3 nitrogen and oxygen atoms in total. The van der Waals surface area contributed by atoms with Gasteiger partial charge in [-0.25, -0.2) is 0 Å². The molecule has 0 radical (unpaired) electrons. The molecule has 0 aromatic carbocycles. The van der Waals surface area contributed by atoms with Crippen LogP contribution in [0, 0.1) is 0 Å². The quantitative estimate of drug-likeness (QED) is 0.316.